The van der Waals surface area contributed by atoms with Gasteiger partial charge >= 0.3 is 0 Å². The van der Waals surface area contributed by atoms with E-state index < -0.39 is 5.82 Å². The minimum Gasteiger partial charge on any atom is -0.459 e. The summed E-state index contributed by atoms with van der Waals surface area (Å²) in [5.41, 5.74) is 1.46. The Labute approximate surface area is 135 Å². The summed E-state index contributed by atoms with van der Waals surface area (Å²) in [5, 5.41) is 0.262. The zero-order valence-electron chi connectivity index (χ0n) is 12.0. The van der Waals surface area contributed by atoms with Crippen LogP contribution in [0.4, 0.5) is 4.39 Å². The van der Waals surface area contributed by atoms with Gasteiger partial charge in [0, 0.05) is 0 Å². The van der Waals surface area contributed by atoms with Crippen LogP contribution in [0.1, 0.15) is 23.9 Å². The van der Waals surface area contributed by atoms with E-state index in [9.17, 15) is 9.18 Å². The van der Waals surface area contributed by atoms with Crippen LogP contribution in [0.2, 0.25) is 0 Å². The van der Waals surface area contributed by atoms with E-state index in [1.165, 1.54) is 18.2 Å². The summed E-state index contributed by atoms with van der Waals surface area (Å²) in [5.74, 6) is 0.134. The van der Waals surface area contributed by atoms with Gasteiger partial charge in [0.05, 0.1) is 15.8 Å². The number of benzene rings is 2. The monoisotopic (exact) mass is 360 g/mol. The molecule has 3 rings (SSSR count). The van der Waals surface area contributed by atoms with Crippen molar-refractivity contribution in [2.75, 3.05) is 0 Å². The zero-order chi connectivity index (χ0) is 15.7. The van der Waals surface area contributed by atoms with E-state index in [1.807, 2.05) is 37.3 Å². The van der Waals surface area contributed by atoms with Crippen molar-refractivity contribution in [3.63, 3.8) is 0 Å². The molecule has 0 spiro atoms. The second kappa shape index (κ2) is 6.05. The van der Waals surface area contributed by atoms with Crippen LogP contribution in [-0.4, -0.2) is 0 Å². The summed E-state index contributed by atoms with van der Waals surface area (Å²) in [6.45, 7) is 2.00. The van der Waals surface area contributed by atoms with Crippen LogP contribution < -0.4 is 5.43 Å². The molecule has 0 fully saturated rings. The Kier molecular flexibility index (Phi) is 4.12. The molecule has 22 heavy (non-hydrogen) atoms. The molecule has 1 heterocycles. The first-order chi connectivity index (χ1) is 10.6. The van der Waals surface area contributed by atoms with Gasteiger partial charge in [0.25, 0.3) is 0 Å². The number of hydrogen-bond acceptors (Lipinski definition) is 2. The first-order valence-electron chi connectivity index (χ1n) is 7.07. The molecule has 1 unspecified atom stereocenters. The number of fused-ring (bicyclic) bond motifs is 1. The zero-order valence-corrected chi connectivity index (χ0v) is 13.6. The van der Waals surface area contributed by atoms with E-state index in [1.54, 1.807) is 0 Å². The van der Waals surface area contributed by atoms with Gasteiger partial charge in [-0.3, -0.25) is 4.79 Å². The highest BCUT2D eigenvalue weighted by Crippen LogP contribution is 2.35. The Hall–Kier alpha value is -1.94. The first kappa shape index (κ1) is 15.0. The van der Waals surface area contributed by atoms with E-state index in [4.69, 9.17) is 4.42 Å². The fourth-order valence-corrected chi connectivity index (χ4v) is 2.79. The van der Waals surface area contributed by atoms with Gasteiger partial charge in [0.15, 0.2) is 0 Å². The summed E-state index contributed by atoms with van der Waals surface area (Å²) in [6.07, 6.45) is 0.773. The third kappa shape index (κ3) is 2.59. The van der Waals surface area contributed by atoms with Crippen molar-refractivity contribution in [2.24, 2.45) is 0 Å². The molecule has 0 saturated heterocycles. The van der Waals surface area contributed by atoms with Crippen molar-refractivity contribution in [2.45, 2.75) is 18.2 Å². The molecule has 0 aliphatic heterocycles. The largest absolute Gasteiger partial charge is 0.459 e. The molecule has 3 aromatic rings. The smallest absolute Gasteiger partial charge is 0.200 e. The minimum absolute atomic E-state index is 0.0788. The molecule has 112 valence electrons. The highest BCUT2D eigenvalue weighted by Gasteiger charge is 2.21. The molecule has 1 atom stereocenters. The summed E-state index contributed by atoms with van der Waals surface area (Å²) < 4.78 is 19.4. The van der Waals surface area contributed by atoms with Crippen LogP contribution in [0.25, 0.3) is 22.1 Å². The third-order valence-corrected chi connectivity index (χ3v) is 4.65. The van der Waals surface area contributed by atoms with Crippen LogP contribution in [0.3, 0.4) is 0 Å². The van der Waals surface area contributed by atoms with Gasteiger partial charge in [0.1, 0.15) is 17.2 Å². The SMILES string of the molecule is CCC(Br)c1oc2ccc(F)cc2c(=O)c1-c1ccccc1. The second-order valence-electron chi connectivity index (χ2n) is 5.05. The number of hydrogen-bond donors (Lipinski definition) is 0. The molecule has 1 aromatic heterocycles. The predicted octanol–water partition coefficient (Wildman–Crippen LogP) is 5.45. The van der Waals surface area contributed by atoms with Gasteiger partial charge < -0.3 is 4.42 Å². The molecule has 2 aromatic carbocycles. The first-order valence-corrected chi connectivity index (χ1v) is 7.99. The summed E-state index contributed by atoms with van der Waals surface area (Å²) in [7, 11) is 0. The number of halogens is 2. The summed E-state index contributed by atoms with van der Waals surface area (Å²) >= 11 is 3.56. The maximum absolute atomic E-state index is 13.5. The lowest BCUT2D eigenvalue weighted by atomic mass is 10.00. The Morgan fingerprint density at radius 3 is 2.59 bits per heavy atom. The molecule has 0 amide bonds. The van der Waals surface area contributed by atoms with Gasteiger partial charge in [-0.05, 0) is 30.2 Å². The number of alkyl halides is 1. The van der Waals surface area contributed by atoms with Crippen molar-refractivity contribution in [1.82, 2.24) is 0 Å². The highest BCUT2D eigenvalue weighted by molar-refractivity contribution is 9.09. The highest BCUT2D eigenvalue weighted by atomic mass is 79.9. The normalized spacial score (nSPS) is 12.5. The average Bonchev–Trinajstić information content (AvgIpc) is 2.55. The van der Waals surface area contributed by atoms with Gasteiger partial charge in [-0.1, -0.05) is 53.2 Å². The second-order valence-corrected chi connectivity index (χ2v) is 6.16. The lowest BCUT2D eigenvalue weighted by molar-refractivity contribution is 0.531. The van der Waals surface area contributed by atoms with Crippen molar-refractivity contribution < 1.29 is 8.81 Å². The molecular formula is C18H14BrFO2. The van der Waals surface area contributed by atoms with E-state index in [2.05, 4.69) is 15.9 Å². The van der Waals surface area contributed by atoms with Crippen LogP contribution >= 0.6 is 15.9 Å². The maximum Gasteiger partial charge on any atom is 0.200 e. The van der Waals surface area contributed by atoms with Gasteiger partial charge in [-0.15, -0.1) is 0 Å². The summed E-state index contributed by atoms with van der Waals surface area (Å²) in [6, 6.07) is 13.4. The van der Waals surface area contributed by atoms with E-state index in [-0.39, 0.29) is 15.6 Å². The molecular weight excluding hydrogens is 347 g/mol. The van der Waals surface area contributed by atoms with Gasteiger partial charge in [-0.2, -0.15) is 0 Å². The molecule has 0 aliphatic rings. The Morgan fingerprint density at radius 1 is 1.18 bits per heavy atom. The fraction of sp³-hybridized carbons (Fsp3) is 0.167. The van der Waals surface area contributed by atoms with Crippen molar-refractivity contribution in [1.29, 1.82) is 0 Å². The lowest BCUT2D eigenvalue weighted by Gasteiger charge is -2.13. The van der Waals surface area contributed by atoms with Crippen LogP contribution in [0.15, 0.2) is 57.7 Å². The molecule has 0 N–H and O–H groups in total. The molecule has 4 heteroatoms. The van der Waals surface area contributed by atoms with E-state index in [0.717, 1.165) is 12.0 Å². The lowest BCUT2D eigenvalue weighted by Crippen LogP contribution is -2.10. The van der Waals surface area contributed by atoms with E-state index >= 15 is 0 Å². The van der Waals surface area contributed by atoms with Gasteiger partial charge in [0.2, 0.25) is 5.43 Å². The number of rotatable bonds is 3. The summed E-state index contributed by atoms with van der Waals surface area (Å²) in [4.78, 5) is 12.8. The van der Waals surface area contributed by atoms with Crippen LogP contribution in [0, 0.1) is 5.82 Å². The van der Waals surface area contributed by atoms with Crippen molar-refractivity contribution >= 4 is 26.9 Å². The van der Waals surface area contributed by atoms with Crippen molar-refractivity contribution in [3.8, 4) is 11.1 Å². The molecule has 0 bridgehead atoms. The third-order valence-electron chi connectivity index (χ3n) is 3.58. The van der Waals surface area contributed by atoms with E-state index in [0.29, 0.717) is 16.9 Å². The fourth-order valence-electron chi connectivity index (χ4n) is 2.47. The Morgan fingerprint density at radius 2 is 1.91 bits per heavy atom. The van der Waals surface area contributed by atoms with Crippen LogP contribution in [0.5, 0.6) is 0 Å². The topological polar surface area (TPSA) is 30.2 Å². The minimum atomic E-state index is -0.447. The van der Waals surface area contributed by atoms with Gasteiger partial charge in [-0.25, -0.2) is 4.39 Å². The Bertz CT molecular complexity index is 871. The molecule has 0 radical (unpaired) electrons. The standard InChI is InChI=1S/C18H14BrFO2/c1-2-14(19)18-16(11-6-4-3-5-7-11)17(21)13-10-12(20)8-9-15(13)22-18/h3-10,14H,2H2,1H3. The maximum atomic E-state index is 13.5. The average molecular weight is 361 g/mol. The molecule has 0 aliphatic carbocycles. The molecule has 2 nitrogen and oxygen atoms in total. The molecule has 0 saturated carbocycles. The van der Waals surface area contributed by atoms with Crippen molar-refractivity contribution in [3.05, 3.63) is 70.3 Å². The van der Waals surface area contributed by atoms with Crippen LogP contribution in [-0.2, 0) is 0 Å². The quantitative estimate of drug-likeness (QED) is 0.581. The Balaban J connectivity index is 2.41. The predicted molar refractivity (Wildman–Crippen MR) is 89.8 cm³/mol.